The summed E-state index contributed by atoms with van der Waals surface area (Å²) in [7, 11) is 0. The van der Waals surface area contributed by atoms with Gasteiger partial charge in [0.15, 0.2) is 0 Å². The fourth-order valence-corrected chi connectivity index (χ4v) is 6.65. The van der Waals surface area contributed by atoms with Gasteiger partial charge in [-0.25, -0.2) is 0 Å². The lowest BCUT2D eigenvalue weighted by Gasteiger charge is -2.44. The second-order valence-corrected chi connectivity index (χ2v) is 10.8. The van der Waals surface area contributed by atoms with Crippen molar-refractivity contribution in [3.8, 4) is 0 Å². The third-order valence-electron chi connectivity index (χ3n) is 8.31. The van der Waals surface area contributed by atoms with Gasteiger partial charge < -0.3 is 15.3 Å². The Labute approximate surface area is 188 Å². The maximum Gasteiger partial charge on any atom is 0.0811 e. The molecule has 170 valence electrons. The molecule has 0 bridgehead atoms. The van der Waals surface area contributed by atoms with Crippen LogP contribution in [0.4, 0.5) is 0 Å². The van der Waals surface area contributed by atoms with Crippen LogP contribution >= 0.6 is 0 Å². The van der Waals surface area contributed by atoms with E-state index in [1.807, 2.05) is 0 Å². The van der Waals surface area contributed by atoms with Crippen LogP contribution in [0.1, 0.15) is 95.9 Å². The van der Waals surface area contributed by atoms with Gasteiger partial charge >= 0.3 is 0 Å². The molecule has 0 heterocycles. The van der Waals surface area contributed by atoms with Crippen LogP contribution < -0.4 is 0 Å². The largest absolute Gasteiger partial charge is 0.393 e. The van der Waals surface area contributed by atoms with E-state index < -0.39 is 24.7 Å². The summed E-state index contributed by atoms with van der Waals surface area (Å²) < 4.78 is 22.6. The van der Waals surface area contributed by atoms with Crippen LogP contribution in [-0.4, -0.2) is 33.1 Å². The van der Waals surface area contributed by atoms with E-state index in [-0.39, 0.29) is 5.41 Å². The van der Waals surface area contributed by atoms with Crippen molar-refractivity contribution in [2.75, 3.05) is 0 Å². The fraction of sp³-hybridized carbons (Fsp3) is 0.778. The highest BCUT2D eigenvalue weighted by atomic mass is 16.3. The van der Waals surface area contributed by atoms with Crippen molar-refractivity contribution in [1.29, 1.82) is 0 Å². The molecular weight excluding hydrogens is 372 g/mol. The van der Waals surface area contributed by atoms with E-state index in [1.54, 1.807) is 0 Å². The normalized spacial score (nSPS) is 42.3. The van der Waals surface area contributed by atoms with Gasteiger partial charge in [0.1, 0.15) is 0 Å². The second kappa shape index (κ2) is 9.30. The summed E-state index contributed by atoms with van der Waals surface area (Å²) in [6.07, 6.45) is 11.9. The topological polar surface area (TPSA) is 60.7 Å². The number of fused-ring (bicyclic) bond motifs is 1. The average molecular weight is 420 g/mol. The maximum absolute atomic E-state index is 10.3. The van der Waals surface area contributed by atoms with Gasteiger partial charge in [-0.3, -0.25) is 0 Å². The molecule has 0 aromatic carbocycles. The van der Waals surface area contributed by atoms with E-state index in [9.17, 15) is 15.3 Å². The van der Waals surface area contributed by atoms with Crippen molar-refractivity contribution < 1.29 is 19.4 Å². The maximum atomic E-state index is 10.3. The van der Waals surface area contributed by atoms with Crippen molar-refractivity contribution in [3.63, 3.8) is 0 Å². The monoisotopic (exact) mass is 419 g/mol. The van der Waals surface area contributed by atoms with Crippen LogP contribution in [0.3, 0.4) is 0 Å². The summed E-state index contributed by atoms with van der Waals surface area (Å²) in [5.41, 5.74) is 1.82. The van der Waals surface area contributed by atoms with E-state index in [4.69, 9.17) is 4.11 Å². The predicted octanol–water partition coefficient (Wildman–Crippen LogP) is 5.70. The lowest BCUT2D eigenvalue weighted by Crippen LogP contribution is -2.36. The summed E-state index contributed by atoms with van der Waals surface area (Å²) in [6.45, 7) is 7.88. The van der Waals surface area contributed by atoms with Crippen LogP contribution in [0.2, 0.25) is 0 Å². The smallest absolute Gasteiger partial charge is 0.0811 e. The Morgan fingerprint density at radius 1 is 1.33 bits per heavy atom. The molecule has 0 aliphatic heterocycles. The molecule has 3 rings (SSSR count). The third kappa shape index (κ3) is 5.29. The summed E-state index contributed by atoms with van der Waals surface area (Å²) >= 11 is 0. The minimum Gasteiger partial charge on any atom is -0.393 e. The molecule has 3 fully saturated rings. The van der Waals surface area contributed by atoms with Crippen LogP contribution in [0.25, 0.3) is 0 Å². The highest BCUT2D eigenvalue weighted by Crippen LogP contribution is 2.60. The first-order valence-electron chi connectivity index (χ1n) is 13.4. The molecule has 3 aliphatic rings. The van der Waals surface area contributed by atoms with Crippen molar-refractivity contribution in [3.05, 3.63) is 35.5 Å². The molecule has 30 heavy (non-hydrogen) atoms. The summed E-state index contributed by atoms with van der Waals surface area (Å²) in [4.78, 5) is 0. The SMILES string of the molecule is [2H]C([2H])([2H])C(C)(O)CCC[C@@H](C)[C@H]1CCC2/C(=C/C=C3/C[C@@H](O)C[C@H](O)C3=C)CCC[C@@]21C. The van der Waals surface area contributed by atoms with Gasteiger partial charge in [0.25, 0.3) is 0 Å². The van der Waals surface area contributed by atoms with Crippen LogP contribution in [-0.2, 0) is 0 Å². The zero-order valence-electron chi connectivity index (χ0n) is 22.2. The molecule has 0 aromatic heterocycles. The first-order chi connectivity index (χ1) is 15.3. The Kier molecular flexibility index (Phi) is 6.13. The first kappa shape index (κ1) is 19.8. The lowest BCUT2D eigenvalue weighted by molar-refractivity contribution is 0.0596. The van der Waals surface area contributed by atoms with Gasteiger partial charge in [-0.1, -0.05) is 51.0 Å². The van der Waals surface area contributed by atoms with Gasteiger partial charge in [0.2, 0.25) is 0 Å². The lowest BCUT2D eigenvalue weighted by atomic mass is 9.60. The van der Waals surface area contributed by atoms with Crippen LogP contribution in [0.5, 0.6) is 0 Å². The highest BCUT2D eigenvalue weighted by Gasteiger charge is 2.50. The Bertz CT molecular complexity index is 782. The molecule has 3 nitrogen and oxygen atoms in total. The van der Waals surface area contributed by atoms with Crippen LogP contribution in [0.15, 0.2) is 35.5 Å². The minimum absolute atomic E-state index is 0.247. The Morgan fingerprint density at radius 3 is 2.83 bits per heavy atom. The van der Waals surface area contributed by atoms with E-state index in [1.165, 1.54) is 38.2 Å². The van der Waals surface area contributed by atoms with E-state index in [0.717, 1.165) is 30.4 Å². The molecule has 0 radical (unpaired) electrons. The molecule has 0 spiro atoms. The molecule has 3 aliphatic carbocycles. The summed E-state index contributed by atoms with van der Waals surface area (Å²) in [5.74, 6) is 1.64. The first-order valence-corrected chi connectivity index (χ1v) is 11.9. The predicted molar refractivity (Wildman–Crippen MR) is 124 cm³/mol. The van der Waals surface area contributed by atoms with Gasteiger partial charge in [-0.2, -0.15) is 0 Å². The quantitative estimate of drug-likeness (QED) is 0.517. The van der Waals surface area contributed by atoms with Crippen LogP contribution in [0, 0.1) is 23.2 Å². The van der Waals surface area contributed by atoms with Gasteiger partial charge in [0, 0.05) is 10.5 Å². The fourth-order valence-electron chi connectivity index (χ4n) is 6.65. The van der Waals surface area contributed by atoms with E-state index >= 15 is 0 Å². The minimum atomic E-state index is -2.34. The molecule has 3 heteroatoms. The third-order valence-corrected chi connectivity index (χ3v) is 8.31. The van der Waals surface area contributed by atoms with Crippen molar-refractivity contribution in [1.82, 2.24) is 0 Å². The van der Waals surface area contributed by atoms with Crippen molar-refractivity contribution in [2.24, 2.45) is 23.2 Å². The highest BCUT2D eigenvalue weighted by molar-refractivity contribution is 5.38. The molecule has 0 amide bonds. The van der Waals surface area contributed by atoms with E-state index in [2.05, 4.69) is 32.6 Å². The number of hydrogen-bond acceptors (Lipinski definition) is 3. The Hall–Kier alpha value is -0.900. The molecule has 3 saturated carbocycles. The summed E-state index contributed by atoms with van der Waals surface area (Å²) in [6, 6.07) is 0. The number of aliphatic hydroxyl groups is 3. The average Bonchev–Trinajstić information content (AvgIpc) is 3.06. The molecule has 0 aromatic rings. The van der Waals surface area contributed by atoms with E-state index in [0.29, 0.717) is 37.0 Å². The number of hydrogen-bond donors (Lipinski definition) is 3. The van der Waals surface area contributed by atoms with Crippen molar-refractivity contribution >= 4 is 0 Å². The molecular formula is C27H44O3. The zero-order valence-corrected chi connectivity index (χ0v) is 19.2. The van der Waals surface area contributed by atoms with Gasteiger partial charge in [-0.05, 0) is 93.0 Å². The van der Waals surface area contributed by atoms with Gasteiger partial charge in [-0.15, -0.1) is 0 Å². The zero-order chi connectivity index (χ0) is 24.6. The molecule has 2 unspecified atom stereocenters. The molecule has 0 saturated heterocycles. The number of aliphatic hydroxyl groups excluding tert-OH is 2. The van der Waals surface area contributed by atoms with Gasteiger partial charge in [0.05, 0.1) is 17.8 Å². The van der Waals surface area contributed by atoms with Crippen molar-refractivity contribution in [2.45, 2.75) is 110 Å². The summed E-state index contributed by atoms with van der Waals surface area (Å²) in [5, 5.41) is 30.5. The number of rotatable bonds is 6. The second-order valence-electron chi connectivity index (χ2n) is 10.8. The number of allylic oxidation sites excluding steroid dienone is 3. The molecule has 7 atom stereocenters. The Balaban J connectivity index is 1.67. The standard InChI is InChI=1S/C27H44O3/c1-18(8-6-14-26(3,4)30)23-12-13-24-20(9-7-15-27(23,24)5)10-11-21-16-22(28)17-25(29)19(21)2/h10-11,18,22-25,28-30H,2,6-9,12-17H2,1,3-5H3/b20-10+,21-11-/t18-,22-,23-,24?,25+,27-/m1/s1/i3D3/t18-,22-,23-,24?,25+,26?,27-. The molecule has 3 N–H and O–H groups in total. The Morgan fingerprint density at radius 2 is 2.10 bits per heavy atom.